The number of aromatic nitrogens is 1. The van der Waals surface area contributed by atoms with Crippen LogP contribution in [0.15, 0.2) is 63.9 Å². The first-order valence-corrected chi connectivity index (χ1v) is 12.0. The Morgan fingerprint density at radius 3 is 2.52 bits per heavy atom. The molecule has 2 aromatic carbocycles. The van der Waals surface area contributed by atoms with E-state index in [0.717, 1.165) is 22.6 Å². The van der Waals surface area contributed by atoms with Gasteiger partial charge in [0.1, 0.15) is 5.75 Å². The lowest BCUT2D eigenvalue weighted by Gasteiger charge is -2.26. The zero-order chi connectivity index (χ0) is 21.7. The lowest BCUT2D eigenvalue weighted by molar-refractivity contribution is 0.0730. The minimum atomic E-state index is -3.50. The number of nitrogens with one attached hydrogen (secondary N) is 1. The van der Waals surface area contributed by atoms with Gasteiger partial charge in [-0.3, -0.25) is 5.43 Å². The standard InChI is InChI=1S/C21H22N4O4S2/c1-28-18-6-2-16(3-7-18)14-22-24-21-23-20(15-30-21)17-4-8-19(9-5-17)31(26,27)25-10-12-29-13-11-25/h2-9,14-15H,10-13H2,1H3,(H,23,24). The van der Waals surface area contributed by atoms with Crippen LogP contribution in [0.4, 0.5) is 5.13 Å². The molecule has 0 unspecified atom stereocenters. The molecular weight excluding hydrogens is 436 g/mol. The highest BCUT2D eigenvalue weighted by Gasteiger charge is 2.26. The van der Waals surface area contributed by atoms with Gasteiger partial charge in [0.2, 0.25) is 15.2 Å². The molecule has 1 saturated heterocycles. The minimum absolute atomic E-state index is 0.274. The normalized spacial score (nSPS) is 15.3. The quantitative estimate of drug-likeness (QED) is 0.431. The van der Waals surface area contributed by atoms with Crippen LogP contribution >= 0.6 is 11.3 Å². The number of ether oxygens (including phenoxy) is 2. The summed E-state index contributed by atoms with van der Waals surface area (Å²) in [5.74, 6) is 0.790. The number of thiazole rings is 1. The van der Waals surface area contributed by atoms with E-state index in [2.05, 4.69) is 15.5 Å². The highest BCUT2D eigenvalue weighted by Crippen LogP contribution is 2.27. The zero-order valence-electron chi connectivity index (χ0n) is 16.9. The molecule has 0 bridgehead atoms. The molecule has 1 N–H and O–H groups in total. The number of benzene rings is 2. The molecule has 3 aromatic rings. The Hall–Kier alpha value is -2.79. The van der Waals surface area contributed by atoms with Crippen molar-refractivity contribution in [2.75, 3.05) is 38.8 Å². The van der Waals surface area contributed by atoms with Crippen LogP contribution in [-0.2, 0) is 14.8 Å². The summed E-state index contributed by atoms with van der Waals surface area (Å²) in [6.45, 7) is 1.60. The molecule has 0 spiro atoms. The molecule has 0 amide bonds. The Bertz CT molecular complexity index is 1140. The molecule has 162 valence electrons. The van der Waals surface area contributed by atoms with E-state index in [1.807, 2.05) is 29.6 Å². The van der Waals surface area contributed by atoms with Crippen molar-refractivity contribution in [2.24, 2.45) is 5.10 Å². The van der Waals surface area contributed by atoms with Crippen molar-refractivity contribution >= 4 is 32.7 Å². The Kier molecular flexibility index (Phi) is 6.62. The van der Waals surface area contributed by atoms with Gasteiger partial charge in [-0.1, -0.05) is 12.1 Å². The minimum Gasteiger partial charge on any atom is -0.497 e. The van der Waals surface area contributed by atoms with Crippen molar-refractivity contribution in [1.82, 2.24) is 9.29 Å². The van der Waals surface area contributed by atoms with Gasteiger partial charge < -0.3 is 9.47 Å². The first-order chi connectivity index (χ1) is 15.1. The van der Waals surface area contributed by atoms with Gasteiger partial charge in [0.05, 0.1) is 37.1 Å². The Morgan fingerprint density at radius 1 is 1.13 bits per heavy atom. The Labute approximate surface area is 185 Å². The summed E-state index contributed by atoms with van der Waals surface area (Å²) in [5, 5.41) is 6.75. The first kappa shape index (κ1) is 21.4. The third kappa shape index (κ3) is 5.10. The highest BCUT2D eigenvalue weighted by molar-refractivity contribution is 7.89. The van der Waals surface area contributed by atoms with E-state index >= 15 is 0 Å². The Morgan fingerprint density at radius 2 is 1.84 bits per heavy atom. The van der Waals surface area contributed by atoms with Crippen LogP contribution in [0.2, 0.25) is 0 Å². The molecule has 1 aliphatic heterocycles. The van der Waals surface area contributed by atoms with Crippen molar-refractivity contribution in [3.05, 3.63) is 59.5 Å². The Balaban J connectivity index is 1.41. The molecule has 2 heterocycles. The van der Waals surface area contributed by atoms with Gasteiger partial charge in [0.25, 0.3) is 0 Å². The van der Waals surface area contributed by atoms with Crippen molar-refractivity contribution in [3.63, 3.8) is 0 Å². The molecule has 0 saturated carbocycles. The van der Waals surface area contributed by atoms with E-state index in [1.54, 1.807) is 37.6 Å². The molecule has 8 nitrogen and oxygen atoms in total. The predicted octanol–water partition coefficient (Wildman–Crippen LogP) is 3.29. The highest BCUT2D eigenvalue weighted by atomic mass is 32.2. The number of morpholine rings is 1. The number of nitrogens with zero attached hydrogens (tertiary/aromatic N) is 3. The van der Waals surface area contributed by atoms with Gasteiger partial charge in [0.15, 0.2) is 0 Å². The fraction of sp³-hybridized carbons (Fsp3) is 0.238. The van der Waals surface area contributed by atoms with Crippen LogP contribution in [0, 0.1) is 0 Å². The van der Waals surface area contributed by atoms with Crippen molar-refractivity contribution < 1.29 is 17.9 Å². The van der Waals surface area contributed by atoms with Crippen molar-refractivity contribution in [1.29, 1.82) is 0 Å². The van der Waals surface area contributed by atoms with E-state index in [0.29, 0.717) is 31.4 Å². The average Bonchev–Trinajstić information content (AvgIpc) is 3.29. The topological polar surface area (TPSA) is 93.1 Å². The van der Waals surface area contributed by atoms with Gasteiger partial charge in [0, 0.05) is 24.0 Å². The van der Waals surface area contributed by atoms with E-state index < -0.39 is 10.0 Å². The molecule has 0 aliphatic carbocycles. The van der Waals surface area contributed by atoms with Gasteiger partial charge in [-0.2, -0.15) is 9.41 Å². The van der Waals surface area contributed by atoms with Gasteiger partial charge >= 0.3 is 0 Å². The number of hydrazone groups is 1. The van der Waals surface area contributed by atoms with E-state index in [1.165, 1.54) is 15.6 Å². The van der Waals surface area contributed by atoms with Crippen LogP contribution < -0.4 is 10.2 Å². The maximum absolute atomic E-state index is 12.7. The van der Waals surface area contributed by atoms with Crippen molar-refractivity contribution in [2.45, 2.75) is 4.90 Å². The molecule has 4 rings (SSSR count). The second-order valence-corrected chi connectivity index (χ2v) is 9.52. The predicted molar refractivity (Wildman–Crippen MR) is 121 cm³/mol. The summed E-state index contributed by atoms with van der Waals surface area (Å²) in [4.78, 5) is 4.79. The second-order valence-electron chi connectivity index (χ2n) is 6.72. The monoisotopic (exact) mass is 458 g/mol. The summed E-state index contributed by atoms with van der Waals surface area (Å²) in [7, 11) is -1.88. The summed E-state index contributed by atoms with van der Waals surface area (Å²) in [6.07, 6.45) is 1.70. The van der Waals surface area contributed by atoms with Crippen LogP contribution in [0.5, 0.6) is 5.75 Å². The summed E-state index contributed by atoms with van der Waals surface area (Å²) in [5.41, 5.74) is 5.44. The van der Waals surface area contributed by atoms with Crippen molar-refractivity contribution in [3.8, 4) is 17.0 Å². The maximum Gasteiger partial charge on any atom is 0.243 e. The van der Waals surface area contributed by atoms with E-state index in [4.69, 9.17) is 9.47 Å². The number of anilines is 1. The van der Waals surface area contributed by atoms with E-state index in [-0.39, 0.29) is 4.90 Å². The number of sulfonamides is 1. The summed E-state index contributed by atoms with van der Waals surface area (Å²) >= 11 is 1.42. The fourth-order valence-electron chi connectivity index (χ4n) is 3.04. The molecular formula is C21H22N4O4S2. The fourth-order valence-corrected chi connectivity index (χ4v) is 5.12. The molecule has 1 fully saturated rings. The third-order valence-corrected chi connectivity index (χ3v) is 7.41. The number of methoxy groups -OCH3 is 1. The summed E-state index contributed by atoms with van der Waals surface area (Å²) in [6, 6.07) is 14.3. The lowest BCUT2D eigenvalue weighted by Crippen LogP contribution is -2.40. The van der Waals surface area contributed by atoms with Gasteiger partial charge in [-0.05, 0) is 42.0 Å². The summed E-state index contributed by atoms with van der Waals surface area (Å²) < 4.78 is 37.3. The smallest absolute Gasteiger partial charge is 0.243 e. The largest absolute Gasteiger partial charge is 0.497 e. The molecule has 0 radical (unpaired) electrons. The zero-order valence-corrected chi connectivity index (χ0v) is 18.5. The first-order valence-electron chi connectivity index (χ1n) is 9.63. The van der Waals surface area contributed by atoms with Crippen LogP contribution in [0.1, 0.15) is 5.56 Å². The lowest BCUT2D eigenvalue weighted by atomic mass is 10.2. The maximum atomic E-state index is 12.7. The third-order valence-electron chi connectivity index (χ3n) is 4.75. The van der Waals surface area contributed by atoms with Crippen LogP contribution in [0.3, 0.4) is 0 Å². The van der Waals surface area contributed by atoms with Crippen LogP contribution in [0.25, 0.3) is 11.3 Å². The second kappa shape index (κ2) is 9.56. The number of hydrogen-bond acceptors (Lipinski definition) is 8. The average molecular weight is 459 g/mol. The molecule has 1 aliphatic rings. The molecule has 1 aromatic heterocycles. The van der Waals surface area contributed by atoms with Crippen LogP contribution in [-0.4, -0.2) is 57.3 Å². The van der Waals surface area contributed by atoms with Gasteiger partial charge in [-0.15, -0.1) is 11.3 Å². The number of hydrogen-bond donors (Lipinski definition) is 1. The molecule has 31 heavy (non-hydrogen) atoms. The van der Waals surface area contributed by atoms with E-state index in [9.17, 15) is 8.42 Å². The molecule has 10 heteroatoms. The number of rotatable bonds is 7. The molecule has 0 atom stereocenters. The SMILES string of the molecule is COc1ccc(C=NNc2nc(-c3ccc(S(=O)(=O)N4CCOCC4)cc3)cs2)cc1. The van der Waals surface area contributed by atoms with Gasteiger partial charge in [-0.25, -0.2) is 13.4 Å².